The van der Waals surface area contributed by atoms with Crippen molar-refractivity contribution in [2.45, 2.75) is 0 Å². The van der Waals surface area contributed by atoms with E-state index < -0.39 is 0 Å². The molecule has 3 aromatic carbocycles. The summed E-state index contributed by atoms with van der Waals surface area (Å²) in [5, 5.41) is 17.2. The molecular weight excluding hydrogens is 416 g/mol. The standard InChI is InChI=1S/C19H15BrN2O3S/c1-25-17-9-8-11(20)10-14(17)18(24)22-19(26)21-15-6-2-5-13-12(15)4-3-7-16(13)23/h2-10,23H,1H3,(H2,21,22,24,26). The molecule has 3 aromatic rings. The van der Waals surface area contributed by atoms with Gasteiger partial charge in [0.1, 0.15) is 11.5 Å². The third kappa shape index (κ3) is 3.79. The zero-order chi connectivity index (χ0) is 18.7. The Kier molecular flexibility index (Phi) is 5.39. The summed E-state index contributed by atoms with van der Waals surface area (Å²) in [5.41, 5.74) is 1.05. The molecule has 7 heteroatoms. The van der Waals surface area contributed by atoms with Crippen molar-refractivity contribution in [3.05, 3.63) is 64.6 Å². The molecule has 0 unspecified atom stereocenters. The lowest BCUT2D eigenvalue weighted by Gasteiger charge is -2.13. The van der Waals surface area contributed by atoms with Gasteiger partial charge in [-0.2, -0.15) is 0 Å². The number of fused-ring (bicyclic) bond motifs is 1. The van der Waals surface area contributed by atoms with Gasteiger partial charge in [0.15, 0.2) is 5.11 Å². The highest BCUT2D eigenvalue weighted by atomic mass is 79.9. The lowest BCUT2D eigenvalue weighted by Crippen LogP contribution is -2.34. The smallest absolute Gasteiger partial charge is 0.261 e. The van der Waals surface area contributed by atoms with Crippen LogP contribution in [0, 0.1) is 0 Å². The molecule has 0 atom stereocenters. The van der Waals surface area contributed by atoms with E-state index in [1.54, 1.807) is 36.4 Å². The number of aromatic hydroxyl groups is 1. The number of phenolic OH excluding ortho intramolecular Hbond substituents is 1. The highest BCUT2D eigenvalue weighted by Gasteiger charge is 2.15. The fourth-order valence-electron chi connectivity index (χ4n) is 2.58. The van der Waals surface area contributed by atoms with E-state index >= 15 is 0 Å². The van der Waals surface area contributed by atoms with Crippen LogP contribution in [0.1, 0.15) is 10.4 Å². The number of hydrogen-bond donors (Lipinski definition) is 3. The monoisotopic (exact) mass is 430 g/mol. The minimum absolute atomic E-state index is 0.146. The molecule has 0 saturated carbocycles. The van der Waals surface area contributed by atoms with Crippen LogP contribution in [0.2, 0.25) is 0 Å². The summed E-state index contributed by atoms with van der Waals surface area (Å²) in [6.07, 6.45) is 0. The quantitative estimate of drug-likeness (QED) is 0.535. The van der Waals surface area contributed by atoms with Gasteiger partial charge in [0.05, 0.1) is 12.7 Å². The Balaban J connectivity index is 1.81. The maximum absolute atomic E-state index is 12.5. The van der Waals surface area contributed by atoms with Crippen LogP contribution in [0.25, 0.3) is 10.8 Å². The second kappa shape index (κ2) is 7.72. The first-order chi connectivity index (χ1) is 12.5. The summed E-state index contributed by atoms with van der Waals surface area (Å²) in [6.45, 7) is 0. The largest absolute Gasteiger partial charge is 0.507 e. The van der Waals surface area contributed by atoms with Gasteiger partial charge in [-0.15, -0.1) is 0 Å². The summed E-state index contributed by atoms with van der Waals surface area (Å²) in [5.74, 6) is 0.243. The molecule has 0 aliphatic rings. The molecule has 0 saturated heterocycles. The average molecular weight is 431 g/mol. The van der Waals surface area contributed by atoms with Crippen LogP contribution in [0.5, 0.6) is 11.5 Å². The Bertz CT molecular complexity index is 1010. The van der Waals surface area contributed by atoms with Crippen LogP contribution in [0.4, 0.5) is 5.69 Å². The third-order valence-corrected chi connectivity index (χ3v) is 4.48. The van der Waals surface area contributed by atoms with Gasteiger partial charge in [-0.1, -0.05) is 40.2 Å². The minimum Gasteiger partial charge on any atom is -0.507 e. The van der Waals surface area contributed by atoms with E-state index in [-0.39, 0.29) is 16.8 Å². The van der Waals surface area contributed by atoms with E-state index in [4.69, 9.17) is 17.0 Å². The fraction of sp³-hybridized carbons (Fsp3) is 0.0526. The molecular formula is C19H15BrN2O3S. The maximum atomic E-state index is 12.5. The van der Waals surface area contributed by atoms with E-state index in [1.165, 1.54) is 7.11 Å². The number of ether oxygens (including phenoxy) is 1. The van der Waals surface area contributed by atoms with E-state index in [0.29, 0.717) is 22.4 Å². The van der Waals surface area contributed by atoms with Crippen LogP contribution in [0.3, 0.4) is 0 Å². The summed E-state index contributed by atoms with van der Waals surface area (Å²) in [7, 11) is 1.50. The molecule has 0 aromatic heterocycles. The van der Waals surface area contributed by atoms with Crippen molar-refractivity contribution >= 4 is 55.6 Å². The van der Waals surface area contributed by atoms with Crippen LogP contribution < -0.4 is 15.4 Å². The molecule has 132 valence electrons. The number of hydrogen-bond acceptors (Lipinski definition) is 4. The number of carbonyl (C=O) groups excluding carboxylic acids is 1. The number of anilines is 1. The first-order valence-electron chi connectivity index (χ1n) is 7.66. The van der Waals surface area contributed by atoms with Crippen molar-refractivity contribution in [3.8, 4) is 11.5 Å². The van der Waals surface area contributed by atoms with Crippen molar-refractivity contribution in [1.29, 1.82) is 0 Å². The SMILES string of the molecule is COc1ccc(Br)cc1C(=O)NC(=S)Nc1cccc2c(O)cccc12. The predicted molar refractivity (Wildman–Crippen MR) is 110 cm³/mol. The number of benzene rings is 3. The average Bonchev–Trinajstić information content (AvgIpc) is 2.62. The van der Waals surface area contributed by atoms with E-state index in [0.717, 1.165) is 9.86 Å². The second-order valence-corrected chi connectivity index (χ2v) is 6.75. The van der Waals surface area contributed by atoms with Crippen molar-refractivity contribution in [2.75, 3.05) is 12.4 Å². The summed E-state index contributed by atoms with van der Waals surface area (Å²) >= 11 is 8.60. The van der Waals surface area contributed by atoms with Gasteiger partial charge in [-0.25, -0.2) is 0 Å². The number of phenols is 1. The van der Waals surface area contributed by atoms with Crippen molar-refractivity contribution in [1.82, 2.24) is 5.32 Å². The number of methoxy groups -OCH3 is 1. The molecule has 26 heavy (non-hydrogen) atoms. The van der Waals surface area contributed by atoms with Crippen LogP contribution in [-0.4, -0.2) is 23.2 Å². The van der Waals surface area contributed by atoms with E-state index in [2.05, 4.69) is 26.6 Å². The minimum atomic E-state index is -0.385. The molecule has 3 N–H and O–H groups in total. The van der Waals surface area contributed by atoms with Crippen LogP contribution in [0.15, 0.2) is 59.1 Å². The van der Waals surface area contributed by atoms with E-state index in [1.807, 2.05) is 18.2 Å². The van der Waals surface area contributed by atoms with Crippen LogP contribution in [-0.2, 0) is 0 Å². The van der Waals surface area contributed by atoms with E-state index in [9.17, 15) is 9.90 Å². The molecule has 0 fully saturated rings. The molecule has 0 aliphatic carbocycles. The topological polar surface area (TPSA) is 70.6 Å². The zero-order valence-electron chi connectivity index (χ0n) is 13.7. The van der Waals surface area contributed by atoms with Gasteiger partial charge < -0.3 is 15.2 Å². The molecule has 0 spiro atoms. The molecule has 0 bridgehead atoms. The van der Waals surface area contributed by atoms with Gasteiger partial charge in [0.25, 0.3) is 5.91 Å². The van der Waals surface area contributed by atoms with Gasteiger partial charge in [0, 0.05) is 20.9 Å². The summed E-state index contributed by atoms with van der Waals surface area (Å²) in [6, 6.07) is 15.8. The number of rotatable bonds is 3. The van der Waals surface area contributed by atoms with Gasteiger partial charge in [-0.3, -0.25) is 10.1 Å². The Morgan fingerprint density at radius 3 is 2.62 bits per heavy atom. The molecule has 0 heterocycles. The van der Waals surface area contributed by atoms with Gasteiger partial charge in [-0.05, 0) is 42.5 Å². The number of carbonyl (C=O) groups is 1. The van der Waals surface area contributed by atoms with Crippen LogP contribution >= 0.6 is 28.1 Å². The third-order valence-electron chi connectivity index (χ3n) is 3.78. The normalized spacial score (nSPS) is 10.4. The predicted octanol–water partition coefficient (Wildman–Crippen LogP) is 4.44. The van der Waals surface area contributed by atoms with Gasteiger partial charge >= 0.3 is 0 Å². The number of amides is 1. The Morgan fingerprint density at radius 2 is 1.85 bits per heavy atom. The number of nitrogens with one attached hydrogen (secondary N) is 2. The molecule has 5 nitrogen and oxygen atoms in total. The maximum Gasteiger partial charge on any atom is 0.261 e. The Morgan fingerprint density at radius 1 is 1.12 bits per heavy atom. The summed E-state index contributed by atoms with van der Waals surface area (Å²) in [4.78, 5) is 12.5. The zero-order valence-corrected chi connectivity index (χ0v) is 16.1. The Labute approximate surface area is 164 Å². The fourth-order valence-corrected chi connectivity index (χ4v) is 3.15. The summed E-state index contributed by atoms with van der Waals surface area (Å²) < 4.78 is 5.98. The van der Waals surface area contributed by atoms with Gasteiger partial charge in [0.2, 0.25) is 0 Å². The molecule has 0 aliphatic heterocycles. The molecule has 3 rings (SSSR count). The highest BCUT2D eigenvalue weighted by molar-refractivity contribution is 9.10. The Hall–Kier alpha value is -2.64. The second-order valence-electron chi connectivity index (χ2n) is 5.43. The van der Waals surface area contributed by atoms with Crippen molar-refractivity contribution < 1.29 is 14.6 Å². The molecule has 0 radical (unpaired) electrons. The first kappa shape index (κ1) is 18.2. The van der Waals surface area contributed by atoms with Crippen molar-refractivity contribution in [3.63, 3.8) is 0 Å². The first-order valence-corrected chi connectivity index (χ1v) is 8.86. The highest BCUT2D eigenvalue weighted by Crippen LogP contribution is 2.29. The molecule has 1 amide bonds. The lowest BCUT2D eigenvalue weighted by atomic mass is 10.1. The van der Waals surface area contributed by atoms with Crippen molar-refractivity contribution in [2.24, 2.45) is 0 Å². The lowest BCUT2D eigenvalue weighted by molar-refractivity contribution is 0.0974. The number of halogens is 1. The number of thiocarbonyl (C=S) groups is 1.